The molecule has 0 saturated heterocycles. The van der Waals surface area contributed by atoms with E-state index in [-0.39, 0.29) is 31.0 Å². The Balaban J connectivity index is 1.63. The number of carbonyl (C=O) groups excluding carboxylic acids is 2. The number of rotatable bonds is 8. The van der Waals surface area contributed by atoms with Crippen LogP contribution in [0.15, 0.2) is 83.7 Å². The summed E-state index contributed by atoms with van der Waals surface area (Å²) in [7, 11) is 3.10. The molecule has 8 nitrogen and oxygen atoms in total. The van der Waals surface area contributed by atoms with Crippen LogP contribution in [-0.4, -0.2) is 40.1 Å². The van der Waals surface area contributed by atoms with Gasteiger partial charge in [-0.3, -0.25) is 23.6 Å². The van der Waals surface area contributed by atoms with Crippen molar-refractivity contribution >= 4 is 11.8 Å². The first-order valence-corrected chi connectivity index (χ1v) is 11.5. The van der Waals surface area contributed by atoms with Crippen LogP contribution in [0, 0.1) is 0 Å². The largest absolute Gasteiger partial charge is 0.496 e. The zero-order chi connectivity index (χ0) is 25.2. The summed E-state index contributed by atoms with van der Waals surface area (Å²) in [4.78, 5) is 42.1. The van der Waals surface area contributed by atoms with Crippen LogP contribution in [0.4, 0.5) is 0 Å². The summed E-state index contributed by atoms with van der Waals surface area (Å²) in [5.74, 6) is 0.191. The molecule has 2 amide bonds. The van der Waals surface area contributed by atoms with Gasteiger partial charge in [-0.2, -0.15) is 0 Å². The second-order valence-electron chi connectivity index (χ2n) is 8.46. The summed E-state index contributed by atoms with van der Waals surface area (Å²) in [5, 5.41) is 0. The van der Waals surface area contributed by atoms with Crippen molar-refractivity contribution in [1.29, 1.82) is 0 Å². The van der Waals surface area contributed by atoms with Gasteiger partial charge in [0.15, 0.2) is 0 Å². The number of methoxy groups -OCH3 is 2. The van der Waals surface area contributed by atoms with Gasteiger partial charge in [-0.25, -0.2) is 4.79 Å². The first kappa shape index (κ1) is 23.2. The number of para-hydroxylation sites is 2. The van der Waals surface area contributed by atoms with Crippen LogP contribution >= 0.6 is 0 Å². The fraction of sp³-hybridized carbons (Fsp3) is 0.179. The average molecular weight is 484 g/mol. The van der Waals surface area contributed by atoms with Crippen LogP contribution in [-0.2, 0) is 19.6 Å². The highest BCUT2D eigenvalue weighted by atomic mass is 16.5. The quantitative estimate of drug-likeness (QED) is 0.358. The molecular weight excluding hydrogens is 458 g/mol. The number of amides is 2. The molecule has 2 heterocycles. The van der Waals surface area contributed by atoms with Crippen molar-refractivity contribution in [3.63, 3.8) is 0 Å². The van der Waals surface area contributed by atoms with Gasteiger partial charge in [-0.1, -0.05) is 66.7 Å². The molecule has 1 aliphatic heterocycles. The van der Waals surface area contributed by atoms with Crippen LogP contribution < -0.4 is 15.2 Å². The third-order valence-corrected chi connectivity index (χ3v) is 6.35. The van der Waals surface area contributed by atoms with Crippen molar-refractivity contribution in [2.24, 2.45) is 0 Å². The minimum Gasteiger partial charge on any atom is -0.496 e. The molecule has 4 aromatic rings. The van der Waals surface area contributed by atoms with E-state index in [0.717, 1.165) is 16.7 Å². The Labute approximate surface area is 207 Å². The number of benzene rings is 3. The summed E-state index contributed by atoms with van der Waals surface area (Å²) in [6, 6.07) is 23.9. The highest BCUT2D eigenvalue weighted by Crippen LogP contribution is 2.28. The van der Waals surface area contributed by atoms with Crippen molar-refractivity contribution in [1.82, 2.24) is 14.0 Å². The molecule has 0 aliphatic carbocycles. The molecule has 36 heavy (non-hydrogen) atoms. The molecule has 0 fully saturated rings. The van der Waals surface area contributed by atoms with Crippen molar-refractivity contribution in [2.75, 3.05) is 14.2 Å². The molecule has 0 spiro atoms. The number of carbonyl (C=O) groups is 2. The van der Waals surface area contributed by atoms with E-state index >= 15 is 0 Å². The molecule has 8 heteroatoms. The van der Waals surface area contributed by atoms with Gasteiger partial charge in [0, 0.05) is 11.1 Å². The number of hydrogen-bond donors (Lipinski definition) is 0. The van der Waals surface area contributed by atoms with E-state index in [4.69, 9.17) is 9.47 Å². The fourth-order valence-corrected chi connectivity index (χ4v) is 4.58. The van der Waals surface area contributed by atoms with Gasteiger partial charge in [0.05, 0.1) is 33.9 Å². The number of imidazole rings is 1. The standard InChI is InChI=1S/C28H25N3O5/c1-35-22-14-8-6-12-20(22)17-29-24-25(27(33)31(26(24)32)16-19-10-4-3-5-11-19)30(28(29)34)18-21-13-7-9-15-23(21)36-2/h3-15H,16-18H2,1-2H3. The maximum absolute atomic E-state index is 13.7. The Morgan fingerprint density at radius 3 is 1.50 bits per heavy atom. The van der Waals surface area contributed by atoms with Crippen molar-refractivity contribution in [2.45, 2.75) is 19.6 Å². The lowest BCUT2D eigenvalue weighted by atomic mass is 10.2. The lowest BCUT2D eigenvalue weighted by Gasteiger charge is -2.16. The highest BCUT2D eigenvalue weighted by Gasteiger charge is 2.43. The first-order valence-electron chi connectivity index (χ1n) is 11.5. The number of hydrogen-bond acceptors (Lipinski definition) is 5. The van der Waals surface area contributed by atoms with E-state index in [1.165, 1.54) is 14.0 Å². The Kier molecular flexibility index (Phi) is 6.16. The maximum Gasteiger partial charge on any atom is 0.330 e. The molecule has 3 aromatic carbocycles. The van der Waals surface area contributed by atoms with Crippen molar-refractivity contribution < 1.29 is 19.1 Å². The predicted molar refractivity (Wildman–Crippen MR) is 134 cm³/mol. The zero-order valence-corrected chi connectivity index (χ0v) is 20.0. The lowest BCUT2D eigenvalue weighted by Crippen LogP contribution is -2.36. The highest BCUT2D eigenvalue weighted by molar-refractivity contribution is 6.19. The van der Waals surface area contributed by atoms with Gasteiger partial charge < -0.3 is 9.47 Å². The Morgan fingerprint density at radius 2 is 1.03 bits per heavy atom. The van der Waals surface area contributed by atoms with Gasteiger partial charge in [-0.15, -0.1) is 0 Å². The van der Waals surface area contributed by atoms with E-state index in [0.29, 0.717) is 11.5 Å². The Bertz CT molecular complexity index is 1410. The zero-order valence-electron chi connectivity index (χ0n) is 20.0. The van der Waals surface area contributed by atoms with Gasteiger partial charge in [0.2, 0.25) is 0 Å². The third kappa shape index (κ3) is 3.96. The van der Waals surface area contributed by atoms with Gasteiger partial charge in [-0.05, 0) is 17.7 Å². The Morgan fingerprint density at radius 1 is 0.583 bits per heavy atom. The smallest absolute Gasteiger partial charge is 0.330 e. The molecule has 1 aromatic heterocycles. The molecule has 1 aliphatic rings. The fourth-order valence-electron chi connectivity index (χ4n) is 4.58. The lowest BCUT2D eigenvalue weighted by molar-refractivity contribution is 0.0632. The summed E-state index contributed by atoms with van der Waals surface area (Å²) in [5.41, 5.74) is 1.99. The van der Waals surface area contributed by atoms with Crippen molar-refractivity contribution in [3.8, 4) is 11.5 Å². The summed E-state index contributed by atoms with van der Waals surface area (Å²) in [6.45, 7) is 0.287. The minimum absolute atomic E-state index is 0.0849. The maximum atomic E-state index is 13.7. The van der Waals surface area contributed by atoms with Crippen LogP contribution in [0.2, 0.25) is 0 Å². The van der Waals surface area contributed by atoms with E-state index in [2.05, 4.69) is 0 Å². The normalized spacial score (nSPS) is 12.7. The van der Waals surface area contributed by atoms with E-state index < -0.39 is 17.5 Å². The minimum atomic E-state index is -0.496. The van der Waals surface area contributed by atoms with E-state index in [9.17, 15) is 14.4 Å². The van der Waals surface area contributed by atoms with Crippen LogP contribution in [0.1, 0.15) is 37.7 Å². The average Bonchev–Trinajstić information content (AvgIpc) is 3.31. The molecule has 0 unspecified atom stereocenters. The second kappa shape index (κ2) is 9.58. The van der Waals surface area contributed by atoms with Crippen LogP contribution in [0.3, 0.4) is 0 Å². The van der Waals surface area contributed by atoms with Gasteiger partial charge in [0.25, 0.3) is 11.8 Å². The predicted octanol–water partition coefficient (Wildman–Crippen LogP) is 3.56. The number of aromatic nitrogens is 2. The molecule has 5 rings (SSSR count). The summed E-state index contributed by atoms with van der Waals surface area (Å²) < 4.78 is 13.7. The molecule has 0 saturated carbocycles. The molecule has 0 atom stereocenters. The Hall–Kier alpha value is -4.59. The molecule has 182 valence electrons. The number of ether oxygens (including phenoxy) is 2. The number of nitrogens with zero attached hydrogens (tertiary/aromatic N) is 3. The van der Waals surface area contributed by atoms with E-state index in [1.54, 1.807) is 26.4 Å². The molecule has 0 radical (unpaired) electrons. The van der Waals surface area contributed by atoms with E-state index in [1.807, 2.05) is 66.7 Å². The summed E-state index contributed by atoms with van der Waals surface area (Å²) in [6.07, 6.45) is 0. The van der Waals surface area contributed by atoms with Gasteiger partial charge in [0.1, 0.15) is 22.9 Å². The first-order chi connectivity index (χ1) is 17.5. The van der Waals surface area contributed by atoms with Gasteiger partial charge >= 0.3 is 5.69 Å². The summed E-state index contributed by atoms with van der Waals surface area (Å²) >= 11 is 0. The SMILES string of the molecule is COc1ccccc1Cn1c2c(n(Cc3ccccc3OC)c1=O)C(=O)N(Cc1ccccc1)C2=O. The second-order valence-corrected chi connectivity index (χ2v) is 8.46. The van der Waals surface area contributed by atoms with Crippen LogP contribution in [0.5, 0.6) is 11.5 Å². The topological polar surface area (TPSA) is 82.8 Å². The number of imide groups is 1. The van der Waals surface area contributed by atoms with Crippen molar-refractivity contribution in [3.05, 3.63) is 117 Å². The molecular formula is C28H25N3O5. The number of fused-ring (bicyclic) bond motifs is 1. The van der Waals surface area contributed by atoms with Crippen LogP contribution in [0.25, 0.3) is 0 Å². The monoisotopic (exact) mass is 483 g/mol. The third-order valence-electron chi connectivity index (χ3n) is 6.35. The molecule has 0 N–H and O–H groups in total. The molecule has 0 bridgehead atoms.